The minimum absolute atomic E-state index is 0.0869. The first-order chi connectivity index (χ1) is 14.6. The molecule has 3 rings (SSSR count). The normalized spacial score (nSPS) is 17.8. The molecule has 0 radical (unpaired) electrons. The summed E-state index contributed by atoms with van der Waals surface area (Å²) in [6.07, 6.45) is 1.83. The van der Waals surface area contributed by atoms with Crippen molar-refractivity contribution in [3.63, 3.8) is 0 Å². The van der Waals surface area contributed by atoms with Gasteiger partial charge in [0.15, 0.2) is 0 Å². The molecule has 6 nitrogen and oxygen atoms in total. The summed E-state index contributed by atoms with van der Waals surface area (Å²) < 4.78 is 29.0. The van der Waals surface area contributed by atoms with Gasteiger partial charge in [0.2, 0.25) is 5.76 Å². The summed E-state index contributed by atoms with van der Waals surface area (Å²) in [5, 5.41) is 0.610. The van der Waals surface area contributed by atoms with Gasteiger partial charge < -0.3 is 23.2 Å². The first kappa shape index (κ1) is 23.6. The third-order valence-corrected chi connectivity index (χ3v) is 5.86. The van der Waals surface area contributed by atoms with Gasteiger partial charge in [-0.3, -0.25) is 0 Å². The Morgan fingerprint density at radius 2 is 1.74 bits per heavy atom. The summed E-state index contributed by atoms with van der Waals surface area (Å²) in [6.45, 7) is 10.2. The molecule has 8 heteroatoms. The second-order valence-electron chi connectivity index (χ2n) is 8.28. The number of hydrogen-bond donors (Lipinski definition) is 0. The second-order valence-corrected chi connectivity index (χ2v) is 8.72. The fraction of sp³-hybridized carbons (Fsp3) is 0.435. The molecule has 1 aromatic carbocycles. The molecule has 0 amide bonds. The number of halogens is 1. The molecule has 0 unspecified atom stereocenters. The molecule has 1 fully saturated rings. The van der Waals surface area contributed by atoms with Crippen molar-refractivity contribution in [1.82, 2.24) is 0 Å². The number of carbonyl (C=O) groups is 1. The lowest BCUT2D eigenvalue weighted by molar-refractivity contribution is 0.00578. The van der Waals surface area contributed by atoms with Gasteiger partial charge in [0.25, 0.3) is 0 Å². The zero-order valence-corrected chi connectivity index (χ0v) is 19.5. The molecule has 0 saturated carbocycles. The van der Waals surface area contributed by atoms with E-state index in [2.05, 4.69) is 0 Å². The van der Waals surface area contributed by atoms with Crippen LogP contribution in [0, 0.1) is 0 Å². The summed E-state index contributed by atoms with van der Waals surface area (Å²) >= 11 is 6.01. The average molecular weight is 447 g/mol. The number of carbonyl (C=O) groups excluding carboxylic acids is 1. The van der Waals surface area contributed by atoms with Crippen molar-refractivity contribution in [2.75, 3.05) is 20.3 Å². The number of methoxy groups -OCH3 is 1. The molecule has 1 aliphatic heterocycles. The highest BCUT2D eigenvalue weighted by Crippen LogP contribution is 2.42. The molecule has 0 spiro atoms. The first-order valence-corrected chi connectivity index (χ1v) is 10.6. The smallest absolute Gasteiger partial charge is 0.460 e. The third-order valence-electron chi connectivity index (χ3n) is 5.61. The van der Waals surface area contributed by atoms with Crippen molar-refractivity contribution in [3.05, 3.63) is 52.8 Å². The fourth-order valence-corrected chi connectivity index (χ4v) is 3.31. The molecule has 0 atom stereocenters. The van der Waals surface area contributed by atoms with Gasteiger partial charge in [-0.15, -0.1) is 0 Å². The quantitative estimate of drug-likeness (QED) is 0.417. The van der Waals surface area contributed by atoms with Crippen LogP contribution in [-0.2, 0) is 18.8 Å². The number of esters is 1. The van der Waals surface area contributed by atoms with Gasteiger partial charge in [-0.05, 0) is 70.4 Å². The Kier molecular flexibility index (Phi) is 7.01. The maximum absolute atomic E-state index is 12.7. The zero-order valence-electron chi connectivity index (χ0n) is 18.8. The molecule has 1 saturated heterocycles. The number of rotatable bonds is 7. The zero-order chi connectivity index (χ0) is 22.8. The van der Waals surface area contributed by atoms with Crippen LogP contribution in [0.15, 0.2) is 40.8 Å². The van der Waals surface area contributed by atoms with E-state index in [4.69, 9.17) is 34.8 Å². The molecule has 2 aromatic rings. The van der Waals surface area contributed by atoms with E-state index >= 15 is 0 Å². The summed E-state index contributed by atoms with van der Waals surface area (Å²) in [5.74, 6) is 0.0379. The Balaban J connectivity index is 2.11. The van der Waals surface area contributed by atoms with E-state index in [1.807, 2.05) is 45.9 Å². The molecule has 1 aliphatic rings. The lowest BCUT2D eigenvalue weighted by Crippen LogP contribution is -2.41. The predicted molar refractivity (Wildman–Crippen MR) is 121 cm³/mol. The minimum atomic E-state index is -0.705. The van der Waals surface area contributed by atoms with Crippen LogP contribution in [0.3, 0.4) is 0 Å². The van der Waals surface area contributed by atoms with E-state index in [1.165, 1.54) is 0 Å². The van der Waals surface area contributed by atoms with Crippen LogP contribution in [0.5, 0.6) is 0 Å². The number of benzene rings is 1. The summed E-state index contributed by atoms with van der Waals surface area (Å²) in [5.41, 5.74) is 0.875. The van der Waals surface area contributed by atoms with Gasteiger partial charge in [-0.2, -0.15) is 0 Å². The van der Waals surface area contributed by atoms with Crippen LogP contribution in [0.1, 0.15) is 50.7 Å². The fourth-order valence-electron chi connectivity index (χ4n) is 3.19. The lowest BCUT2D eigenvalue weighted by Gasteiger charge is -2.32. The molecule has 31 heavy (non-hydrogen) atoms. The SMILES string of the molecule is CCOC(=O)c1oc(-c2ccc(Cl)cc2)cc1/C(=C/COC)B1OC(C)(C)C(C)(C)O1. The molecular formula is C23H28BClO6. The Labute approximate surface area is 188 Å². The highest BCUT2D eigenvalue weighted by molar-refractivity contribution is 6.69. The lowest BCUT2D eigenvalue weighted by atomic mass is 9.73. The van der Waals surface area contributed by atoms with E-state index in [0.29, 0.717) is 28.4 Å². The van der Waals surface area contributed by atoms with Gasteiger partial charge >= 0.3 is 13.1 Å². The van der Waals surface area contributed by atoms with Crippen molar-refractivity contribution in [2.45, 2.75) is 45.8 Å². The predicted octanol–water partition coefficient (Wildman–Crippen LogP) is 5.44. The van der Waals surface area contributed by atoms with E-state index in [0.717, 1.165) is 5.56 Å². The minimum Gasteiger partial charge on any atom is -0.460 e. The van der Waals surface area contributed by atoms with E-state index < -0.39 is 24.3 Å². The van der Waals surface area contributed by atoms with Crippen LogP contribution in [0.2, 0.25) is 5.02 Å². The third kappa shape index (κ3) is 4.90. The number of ether oxygens (including phenoxy) is 2. The Morgan fingerprint density at radius 3 is 2.29 bits per heavy atom. The molecule has 1 aromatic heterocycles. The van der Waals surface area contributed by atoms with Gasteiger partial charge in [0.05, 0.1) is 24.4 Å². The Hall–Kier alpha value is -2.06. The van der Waals surface area contributed by atoms with Crippen LogP contribution >= 0.6 is 11.6 Å². The maximum atomic E-state index is 12.7. The molecule has 0 aliphatic carbocycles. The second kappa shape index (κ2) is 9.21. The van der Waals surface area contributed by atoms with Crippen LogP contribution < -0.4 is 0 Å². The van der Waals surface area contributed by atoms with Gasteiger partial charge in [0.1, 0.15) is 5.76 Å². The Bertz CT molecular complexity index is 945. The van der Waals surface area contributed by atoms with Crippen LogP contribution in [0.4, 0.5) is 0 Å². The molecule has 0 N–H and O–H groups in total. The maximum Gasteiger partial charge on any atom is 0.495 e. The summed E-state index contributed by atoms with van der Waals surface area (Å²) in [4.78, 5) is 12.7. The molecule has 166 valence electrons. The topological polar surface area (TPSA) is 67.1 Å². The van der Waals surface area contributed by atoms with Gasteiger partial charge in [-0.25, -0.2) is 4.79 Å². The van der Waals surface area contributed by atoms with E-state index in [9.17, 15) is 4.79 Å². The van der Waals surface area contributed by atoms with E-state index in [1.54, 1.807) is 32.2 Å². The number of hydrogen-bond acceptors (Lipinski definition) is 6. The van der Waals surface area contributed by atoms with Crippen molar-refractivity contribution < 1.29 is 28.0 Å². The van der Waals surface area contributed by atoms with Crippen LogP contribution in [-0.4, -0.2) is 44.6 Å². The van der Waals surface area contributed by atoms with Crippen molar-refractivity contribution >= 4 is 30.2 Å². The average Bonchev–Trinajstić information content (AvgIpc) is 3.22. The largest absolute Gasteiger partial charge is 0.495 e. The van der Waals surface area contributed by atoms with Crippen molar-refractivity contribution in [3.8, 4) is 11.3 Å². The molecule has 0 bridgehead atoms. The van der Waals surface area contributed by atoms with Gasteiger partial charge in [-0.1, -0.05) is 17.7 Å². The van der Waals surface area contributed by atoms with Crippen LogP contribution in [0.25, 0.3) is 16.8 Å². The standard InChI is InChI=1S/C23H28BClO6/c1-7-28-21(26)20-17(14-19(29-20)15-8-10-16(25)11-9-15)18(12-13-27-6)24-30-22(2,3)23(4,5)31-24/h8-12,14H,7,13H2,1-6H3/b18-12-. The van der Waals surface area contributed by atoms with Crippen molar-refractivity contribution in [1.29, 1.82) is 0 Å². The highest BCUT2D eigenvalue weighted by atomic mass is 35.5. The number of furan rings is 1. The Morgan fingerprint density at radius 1 is 1.13 bits per heavy atom. The van der Waals surface area contributed by atoms with Crippen molar-refractivity contribution in [2.24, 2.45) is 0 Å². The highest BCUT2D eigenvalue weighted by Gasteiger charge is 2.53. The summed E-state index contributed by atoms with van der Waals surface area (Å²) in [7, 11) is 0.892. The molecular weight excluding hydrogens is 419 g/mol. The van der Waals surface area contributed by atoms with Gasteiger partial charge in [0, 0.05) is 23.3 Å². The monoisotopic (exact) mass is 446 g/mol. The molecule has 2 heterocycles. The van der Waals surface area contributed by atoms with E-state index in [-0.39, 0.29) is 12.4 Å². The summed E-state index contributed by atoms with van der Waals surface area (Å²) in [6, 6.07) is 8.97. The first-order valence-electron chi connectivity index (χ1n) is 10.2.